The Morgan fingerprint density at radius 3 is 2.57 bits per heavy atom. The van der Waals surface area contributed by atoms with Crippen LogP contribution in [0.5, 0.6) is 0 Å². The Balaban J connectivity index is 1.63. The maximum absolute atomic E-state index is 12.3. The second-order valence-corrected chi connectivity index (χ2v) is 6.33. The summed E-state index contributed by atoms with van der Waals surface area (Å²) >= 11 is 0. The molecule has 3 rings (SSSR count). The van der Waals surface area contributed by atoms with E-state index in [0.717, 1.165) is 24.1 Å². The summed E-state index contributed by atoms with van der Waals surface area (Å²) in [5.74, 6) is 1.28. The molecule has 4 nitrogen and oxygen atoms in total. The van der Waals surface area contributed by atoms with Crippen molar-refractivity contribution < 1.29 is 9.21 Å². The van der Waals surface area contributed by atoms with E-state index >= 15 is 0 Å². The number of amides is 1. The van der Waals surface area contributed by atoms with Gasteiger partial charge in [-0.05, 0) is 31.9 Å². The molecule has 0 spiro atoms. The Bertz CT molecular complexity index is 641. The summed E-state index contributed by atoms with van der Waals surface area (Å²) in [6.45, 7) is 1.89. The van der Waals surface area contributed by atoms with Crippen LogP contribution in [-0.4, -0.2) is 16.9 Å². The number of aromatic nitrogens is 1. The zero-order chi connectivity index (χ0) is 16.1. The molecule has 1 aliphatic rings. The molecule has 1 aliphatic carbocycles. The summed E-state index contributed by atoms with van der Waals surface area (Å²) in [6.07, 6.45) is 7.45. The van der Waals surface area contributed by atoms with Gasteiger partial charge in [-0.2, -0.15) is 0 Å². The van der Waals surface area contributed by atoms with E-state index in [1.807, 2.05) is 37.3 Å². The van der Waals surface area contributed by atoms with Crippen molar-refractivity contribution in [2.24, 2.45) is 0 Å². The van der Waals surface area contributed by atoms with Gasteiger partial charge in [-0.25, -0.2) is 4.98 Å². The van der Waals surface area contributed by atoms with E-state index in [4.69, 9.17) is 4.42 Å². The van der Waals surface area contributed by atoms with Gasteiger partial charge in [0, 0.05) is 11.6 Å². The van der Waals surface area contributed by atoms with Gasteiger partial charge >= 0.3 is 0 Å². The van der Waals surface area contributed by atoms with Gasteiger partial charge in [0.1, 0.15) is 5.76 Å². The maximum Gasteiger partial charge on any atom is 0.227 e. The highest BCUT2D eigenvalue weighted by Crippen LogP contribution is 2.22. The van der Waals surface area contributed by atoms with Crippen molar-refractivity contribution >= 4 is 5.91 Å². The quantitative estimate of drug-likeness (QED) is 0.867. The molecular weight excluding hydrogens is 288 g/mol. The van der Waals surface area contributed by atoms with Crippen molar-refractivity contribution in [1.29, 1.82) is 0 Å². The third-order valence-electron chi connectivity index (χ3n) is 4.45. The lowest BCUT2D eigenvalue weighted by Crippen LogP contribution is -2.35. The first-order chi connectivity index (χ1) is 11.2. The van der Waals surface area contributed by atoms with Gasteiger partial charge in [-0.15, -0.1) is 0 Å². The number of nitrogens with one attached hydrogen (secondary N) is 1. The topological polar surface area (TPSA) is 55.1 Å². The van der Waals surface area contributed by atoms with Crippen LogP contribution in [0, 0.1) is 6.92 Å². The van der Waals surface area contributed by atoms with Gasteiger partial charge in [0.25, 0.3) is 0 Å². The van der Waals surface area contributed by atoms with E-state index in [0.29, 0.717) is 17.7 Å². The minimum absolute atomic E-state index is 0.0377. The number of carbonyl (C=O) groups is 1. The molecule has 1 N–H and O–H groups in total. The third kappa shape index (κ3) is 4.21. The highest BCUT2D eigenvalue weighted by atomic mass is 16.4. The molecule has 1 fully saturated rings. The predicted octanol–water partition coefficient (Wildman–Crippen LogP) is 4.03. The first-order valence-electron chi connectivity index (χ1n) is 8.53. The lowest BCUT2D eigenvalue weighted by atomic mass is 10.1. The fraction of sp³-hybridized carbons (Fsp3) is 0.474. The number of benzene rings is 1. The molecule has 1 amide bonds. The smallest absolute Gasteiger partial charge is 0.227 e. The number of oxazole rings is 1. The average molecular weight is 312 g/mol. The summed E-state index contributed by atoms with van der Waals surface area (Å²) in [5.41, 5.74) is 1.73. The molecule has 1 heterocycles. The average Bonchev–Trinajstić information content (AvgIpc) is 2.75. The number of hydrogen-bond donors (Lipinski definition) is 1. The number of aryl methyl sites for hydroxylation is 1. The number of rotatable bonds is 4. The monoisotopic (exact) mass is 312 g/mol. The van der Waals surface area contributed by atoms with Crippen LogP contribution in [0.2, 0.25) is 0 Å². The highest BCUT2D eigenvalue weighted by molar-refractivity contribution is 5.78. The van der Waals surface area contributed by atoms with Crippen molar-refractivity contribution in [3.63, 3.8) is 0 Å². The Morgan fingerprint density at radius 1 is 1.17 bits per heavy atom. The summed E-state index contributed by atoms with van der Waals surface area (Å²) in [4.78, 5) is 16.7. The summed E-state index contributed by atoms with van der Waals surface area (Å²) < 4.78 is 5.81. The molecule has 0 bridgehead atoms. The van der Waals surface area contributed by atoms with Crippen LogP contribution in [0.1, 0.15) is 50.0 Å². The normalized spacial score (nSPS) is 16.0. The predicted molar refractivity (Wildman–Crippen MR) is 90.0 cm³/mol. The van der Waals surface area contributed by atoms with E-state index < -0.39 is 0 Å². The van der Waals surface area contributed by atoms with Gasteiger partial charge in [-0.3, -0.25) is 4.79 Å². The van der Waals surface area contributed by atoms with E-state index in [1.54, 1.807) is 0 Å². The van der Waals surface area contributed by atoms with E-state index in [2.05, 4.69) is 10.3 Å². The first kappa shape index (κ1) is 15.8. The molecule has 0 saturated heterocycles. The third-order valence-corrected chi connectivity index (χ3v) is 4.45. The molecule has 1 aromatic heterocycles. The van der Waals surface area contributed by atoms with Gasteiger partial charge in [0.05, 0.1) is 12.1 Å². The van der Waals surface area contributed by atoms with E-state index in [-0.39, 0.29) is 12.3 Å². The van der Waals surface area contributed by atoms with Crippen LogP contribution in [0.4, 0.5) is 0 Å². The van der Waals surface area contributed by atoms with Crippen LogP contribution < -0.4 is 5.32 Å². The minimum atomic E-state index is 0.0377. The van der Waals surface area contributed by atoms with Crippen molar-refractivity contribution in [1.82, 2.24) is 10.3 Å². The number of nitrogens with zero attached hydrogens (tertiary/aromatic N) is 1. The van der Waals surface area contributed by atoms with Gasteiger partial charge in [0.15, 0.2) is 0 Å². The van der Waals surface area contributed by atoms with Gasteiger partial charge < -0.3 is 9.73 Å². The standard InChI is InChI=1S/C19H24N2O2/c1-14-17(23-19(20-14)15-9-5-4-6-10-15)13-18(22)21-16-11-7-2-3-8-12-16/h4-6,9-10,16H,2-3,7-8,11-13H2,1H3,(H,21,22). The second-order valence-electron chi connectivity index (χ2n) is 6.33. The molecule has 0 atom stereocenters. The molecule has 1 aromatic carbocycles. The molecule has 0 radical (unpaired) electrons. The zero-order valence-corrected chi connectivity index (χ0v) is 13.7. The minimum Gasteiger partial charge on any atom is -0.440 e. The van der Waals surface area contributed by atoms with Crippen molar-refractivity contribution in [2.75, 3.05) is 0 Å². The Hall–Kier alpha value is -2.10. The molecule has 2 aromatic rings. The van der Waals surface area contributed by atoms with Crippen LogP contribution >= 0.6 is 0 Å². The van der Waals surface area contributed by atoms with Gasteiger partial charge in [0.2, 0.25) is 11.8 Å². The lowest BCUT2D eigenvalue weighted by molar-refractivity contribution is -0.121. The van der Waals surface area contributed by atoms with E-state index in [1.165, 1.54) is 25.7 Å². The second kappa shape index (κ2) is 7.44. The molecule has 0 unspecified atom stereocenters. The van der Waals surface area contributed by atoms with Crippen molar-refractivity contribution in [3.8, 4) is 11.5 Å². The van der Waals surface area contributed by atoms with Gasteiger partial charge in [-0.1, -0.05) is 43.9 Å². The summed E-state index contributed by atoms with van der Waals surface area (Å²) in [5, 5.41) is 3.16. The maximum atomic E-state index is 12.3. The van der Waals surface area contributed by atoms with Crippen LogP contribution in [0.25, 0.3) is 11.5 Å². The fourth-order valence-corrected chi connectivity index (χ4v) is 3.14. The molecule has 23 heavy (non-hydrogen) atoms. The lowest BCUT2D eigenvalue weighted by Gasteiger charge is -2.15. The SMILES string of the molecule is Cc1nc(-c2ccccc2)oc1CC(=O)NC1CCCCCC1. The highest BCUT2D eigenvalue weighted by Gasteiger charge is 2.18. The molecular formula is C19H24N2O2. The van der Waals surface area contributed by atoms with Crippen LogP contribution in [-0.2, 0) is 11.2 Å². The van der Waals surface area contributed by atoms with E-state index in [9.17, 15) is 4.79 Å². The molecule has 122 valence electrons. The Kier molecular flexibility index (Phi) is 5.11. The first-order valence-corrected chi connectivity index (χ1v) is 8.53. The summed E-state index contributed by atoms with van der Waals surface area (Å²) in [7, 11) is 0. The summed E-state index contributed by atoms with van der Waals surface area (Å²) in [6, 6.07) is 10.1. The van der Waals surface area contributed by atoms with Crippen LogP contribution in [0.3, 0.4) is 0 Å². The molecule has 0 aliphatic heterocycles. The van der Waals surface area contributed by atoms with Crippen LogP contribution in [0.15, 0.2) is 34.7 Å². The van der Waals surface area contributed by atoms with Crippen molar-refractivity contribution in [3.05, 3.63) is 41.8 Å². The largest absolute Gasteiger partial charge is 0.440 e. The molecule has 1 saturated carbocycles. The Labute approximate surface area is 137 Å². The van der Waals surface area contributed by atoms with Crippen molar-refractivity contribution in [2.45, 2.75) is 57.9 Å². The number of carbonyl (C=O) groups excluding carboxylic acids is 1. The number of hydrogen-bond acceptors (Lipinski definition) is 3. The molecule has 4 heteroatoms. The zero-order valence-electron chi connectivity index (χ0n) is 13.7. The fourth-order valence-electron chi connectivity index (χ4n) is 3.14. The Morgan fingerprint density at radius 2 is 1.87 bits per heavy atom.